The molecular formula is C12H14N4O2. The van der Waals surface area contributed by atoms with E-state index in [4.69, 9.17) is 5.73 Å². The Morgan fingerprint density at radius 3 is 2.83 bits per heavy atom. The third kappa shape index (κ3) is 2.42. The summed E-state index contributed by atoms with van der Waals surface area (Å²) in [6.45, 7) is 0.551. The SMILES string of the molecule is COC(=O)c1c(NCc2ccccc2)n[nH]c1N. The highest BCUT2D eigenvalue weighted by Crippen LogP contribution is 2.20. The van der Waals surface area contributed by atoms with Gasteiger partial charge in [-0.25, -0.2) is 4.79 Å². The standard InChI is InChI=1S/C12H14N4O2/c1-18-12(17)9-10(13)15-16-11(9)14-7-8-5-3-2-4-6-8/h2-6H,7H2,1H3,(H4,13,14,15,16). The van der Waals surface area contributed by atoms with Crippen LogP contribution in [0.4, 0.5) is 11.6 Å². The second-order valence-corrected chi connectivity index (χ2v) is 3.69. The molecule has 0 unspecified atom stereocenters. The largest absolute Gasteiger partial charge is 0.465 e. The van der Waals surface area contributed by atoms with Crippen LogP contribution >= 0.6 is 0 Å². The Balaban J connectivity index is 2.13. The average Bonchev–Trinajstić information content (AvgIpc) is 2.78. The smallest absolute Gasteiger partial charge is 0.345 e. The lowest BCUT2D eigenvalue weighted by Crippen LogP contribution is -2.08. The lowest BCUT2D eigenvalue weighted by atomic mass is 10.2. The van der Waals surface area contributed by atoms with Crippen molar-refractivity contribution in [3.05, 3.63) is 41.5 Å². The van der Waals surface area contributed by atoms with E-state index in [1.165, 1.54) is 7.11 Å². The molecule has 18 heavy (non-hydrogen) atoms. The highest BCUT2D eigenvalue weighted by molar-refractivity contribution is 5.99. The van der Waals surface area contributed by atoms with Crippen molar-refractivity contribution in [3.8, 4) is 0 Å². The van der Waals surface area contributed by atoms with Gasteiger partial charge in [0.2, 0.25) is 0 Å². The maximum Gasteiger partial charge on any atom is 0.345 e. The minimum atomic E-state index is -0.517. The number of methoxy groups -OCH3 is 1. The maximum atomic E-state index is 11.5. The van der Waals surface area contributed by atoms with E-state index in [1.54, 1.807) is 0 Å². The second kappa shape index (κ2) is 5.22. The van der Waals surface area contributed by atoms with Crippen LogP contribution in [-0.4, -0.2) is 23.3 Å². The predicted octanol–water partition coefficient (Wildman–Crippen LogP) is 1.39. The van der Waals surface area contributed by atoms with Crippen LogP contribution in [0.3, 0.4) is 0 Å². The maximum absolute atomic E-state index is 11.5. The van der Waals surface area contributed by atoms with Crippen LogP contribution in [0, 0.1) is 0 Å². The van der Waals surface area contributed by atoms with Crippen molar-refractivity contribution < 1.29 is 9.53 Å². The molecule has 0 aliphatic heterocycles. The van der Waals surface area contributed by atoms with Crippen LogP contribution < -0.4 is 11.1 Å². The number of hydrogen-bond donors (Lipinski definition) is 3. The lowest BCUT2D eigenvalue weighted by molar-refractivity contribution is 0.0603. The normalized spacial score (nSPS) is 10.1. The molecular weight excluding hydrogens is 232 g/mol. The van der Waals surface area contributed by atoms with Gasteiger partial charge in [-0.15, -0.1) is 0 Å². The Bertz CT molecular complexity index is 536. The number of benzene rings is 1. The summed E-state index contributed by atoms with van der Waals surface area (Å²) in [5, 5.41) is 9.53. The zero-order chi connectivity index (χ0) is 13.0. The minimum absolute atomic E-state index is 0.192. The molecule has 0 saturated heterocycles. The molecule has 0 spiro atoms. The number of nitrogen functional groups attached to an aromatic ring is 1. The van der Waals surface area contributed by atoms with E-state index in [9.17, 15) is 4.79 Å². The summed E-state index contributed by atoms with van der Waals surface area (Å²) in [6.07, 6.45) is 0. The van der Waals surface area contributed by atoms with Gasteiger partial charge in [-0.3, -0.25) is 5.10 Å². The van der Waals surface area contributed by atoms with Crippen LogP contribution in [0.2, 0.25) is 0 Å². The molecule has 0 fully saturated rings. The summed E-state index contributed by atoms with van der Waals surface area (Å²) in [6, 6.07) is 9.77. The van der Waals surface area contributed by atoms with Crippen molar-refractivity contribution >= 4 is 17.6 Å². The summed E-state index contributed by atoms with van der Waals surface area (Å²) in [5.41, 5.74) is 6.94. The molecule has 4 N–H and O–H groups in total. The van der Waals surface area contributed by atoms with E-state index < -0.39 is 5.97 Å². The third-order valence-electron chi connectivity index (χ3n) is 2.49. The van der Waals surface area contributed by atoms with Gasteiger partial charge in [0.25, 0.3) is 0 Å². The molecule has 0 amide bonds. The molecule has 94 valence electrons. The Kier molecular flexibility index (Phi) is 3.47. The predicted molar refractivity (Wildman–Crippen MR) is 68.1 cm³/mol. The van der Waals surface area contributed by atoms with Crippen molar-refractivity contribution in [2.24, 2.45) is 0 Å². The van der Waals surface area contributed by atoms with Gasteiger partial charge in [0.1, 0.15) is 11.4 Å². The Morgan fingerprint density at radius 2 is 2.17 bits per heavy atom. The molecule has 2 aromatic rings. The van der Waals surface area contributed by atoms with Crippen molar-refractivity contribution in [2.75, 3.05) is 18.2 Å². The van der Waals surface area contributed by atoms with Gasteiger partial charge in [0, 0.05) is 6.54 Å². The molecule has 0 saturated carbocycles. The first kappa shape index (κ1) is 12.0. The summed E-state index contributed by atoms with van der Waals surface area (Å²) in [4.78, 5) is 11.5. The van der Waals surface area contributed by atoms with Gasteiger partial charge < -0.3 is 15.8 Å². The zero-order valence-corrected chi connectivity index (χ0v) is 9.93. The van der Waals surface area contributed by atoms with Gasteiger partial charge in [-0.1, -0.05) is 30.3 Å². The zero-order valence-electron chi connectivity index (χ0n) is 9.93. The second-order valence-electron chi connectivity index (χ2n) is 3.69. The van der Waals surface area contributed by atoms with E-state index >= 15 is 0 Å². The van der Waals surface area contributed by atoms with Crippen molar-refractivity contribution in [1.29, 1.82) is 0 Å². The van der Waals surface area contributed by atoms with E-state index in [0.717, 1.165) is 5.56 Å². The molecule has 6 heteroatoms. The van der Waals surface area contributed by atoms with Crippen LogP contribution in [-0.2, 0) is 11.3 Å². The van der Waals surface area contributed by atoms with Crippen LogP contribution in [0.1, 0.15) is 15.9 Å². The highest BCUT2D eigenvalue weighted by Gasteiger charge is 2.19. The quantitative estimate of drug-likeness (QED) is 0.709. The molecule has 6 nitrogen and oxygen atoms in total. The number of aromatic nitrogens is 2. The molecule has 2 rings (SSSR count). The average molecular weight is 246 g/mol. The summed E-state index contributed by atoms with van der Waals surface area (Å²) in [7, 11) is 1.30. The van der Waals surface area contributed by atoms with Crippen molar-refractivity contribution in [2.45, 2.75) is 6.54 Å². The number of hydrogen-bond acceptors (Lipinski definition) is 5. The van der Waals surface area contributed by atoms with Gasteiger partial charge >= 0.3 is 5.97 Å². The van der Waals surface area contributed by atoms with Crippen molar-refractivity contribution in [3.63, 3.8) is 0 Å². The first-order valence-electron chi connectivity index (χ1n) is 5.42. The van der Waals surface area contributed by atoms with E-state index in [1.807, 2.05) is 30.3 Å². The van der Waals surface area contributed by atoms with E-state index in [-0.39, 0.29) is 11.4 Å². The number of esters is 1. The van der Waals surface area contributed by atoms with Crippen LogP contribution in [0.15, 0.2) is 30.3 Å². The lowest BCUT2D eigenvalue weighted by Gasteiger charge is -2.05. The number of aromatic amines is 1. The number of carbonyl (C=O) groups is 1. The highest BCUT2D eigenvalue weighted by atomic mass is 16.5. The van der Waals surface area contributed by atoms with Gasteiger partial charge in [0.05, 0.1) is 7.11 Å². The monoisotopic (exact) mass is 246 g/mol. The van der Waals surface area contributed by atoms with Gasteiger partial charge in [-0.2, -0.15) is 5.10 Å². The Morgan fingerprint density at radius 1 is 1.44 bits per heavy atom. The van der Waals surface area contributed by atoms with Crippen LogP contribution in [0.25, 0.3) is 0 Å². The number of nitrogens with two attached hydrogens (primary N) is 1. The van der Waals surface area contributed by atoms with Gasteiger partial charge in [0.15, 0.2) is 5.82 Å². The topological polar surface area (TPSA) is 93.0 Å². The first-order valence-corrected chi connectivity index (χ1v) is 5.42. The number of carbonyl (C=O) groups excluding carboxylic acids is 1. The molecule has 1 aromatic heterocycles. The van der Waals surface area contributed by atoms with E-state index in [0.29, 0.717) is 12.4 Å². The minimum Gasteiger partial charge on any atom is -0.465 e. The summed E-state index contributed by atoms with van der Waals surface area (Å²) < 4.78 is 4.65. The number of nitrogens with zero attached hydrogens (tertiary/aromatic N) is 1. The Labute approximate surface area is 104 Å². The fraction of sp³-hybridized carbons (Fsp3) is 0.167. The fourth-order valence-corrected chi connectivity index (χ4v) is 1.57. The molecule has 0 radical (unpaired) electrons. The Hall–Kier alpha value is -2.50. The summed E-state index contributed by atoms with van der Waals surface area (Å²) >= 11 is 0. The van der Waals surface area contributed by atoms with Crippen molar-refractivity contribution in [1.82, 2.24) is 10.2 Å². The number of H-pyrrole nitrogens is 1. The fourth-order valence-electron chi connectivity index (χ4n) is 1.57. The molecule has 1 heterocycles. The van der Waals surface area contributed by atoms with E-state index in [2.05, 4.69) is 20.3 Å². The molecule has 0 aliphatic carbocycles. The number of anilines is 2. The van der Waals surface area contributed by atoms with Gasteiger partial charge in [-0.05, 0) is 5.56 Å². The number of ether oxygens (including phenoxy) is 1. The molecule has 0 atom stereocenters. The third-order valence-corrected chi connectivity index (χ3v) is 2.49. The molecule has 0 bridgehead atoms. The number of rotatable bonds is 4. The number of nitrogens with one attached hydrogen (secondary N) is 2. The summed E-state index contributed by atoms with van der Waals surface area (Å²) in [5.74, 6) is 0.0671. The molecule has 1 aromatic carbocycles. The first-order chi connectivity index (χ1) is 8.72. The van der Waals surface area contributed by atoms with Crippen LogP contribution in [0.5, 0.6) is 0 Å². The molecule has 0 aliphatic rings.